The molecule has 0 spiro atoms. The van der Waals surface area contributed by atoms with Crippen LogP contribution in [0.4, 0.5) is 0 Å². The molecular weight excluding hydrogens is 290 g/mol. The van der Waals surface area contributed by atoms with Crippen LogP contribution in [0.1, 0.15) is 45.4 Å². The Morgan fingerprint density at radius 1 is 1.29 bits per heavy atom. The van der Waals surface area contributed by atoms with Crippen molar-refractivity contribution >= 4 is 15.9 Å². The zero-order chi connectivity index (χ0) is 15.3. The largest absolute Gasteiger partial charge is 0.352 e. The van der Waals surface area contributed by atoms with E-state index in [2.05, 4.69) is 17.6 Å². The Kier molecular flexibility index (Phi) is 6.01. The Morgan fingerprint density at radius 2 is 2.00 bits per heavy atom. The molecule has 0 aromatic rings. The standard InChI is InChI=1S/C14H27N3O3S/c1-12-13(6-4-8-15-12)16-14(18)7-5-11-21(19,20)17-9-2-3-10-17/h12-13,15H,2-11H2,1H3,(H,16,18). The number of amides is 1. The molecule has 122 valence electrons. The molecule has 0 radical (unpaired) electrons. The number of rotatable bonds is 6. The zero-order valence-corrected chi connectivity index (χ0v) is 13.6. The third kappa shape index (κ3) is 4.93. The van der Waals surface area contributed by atoms with Crippen molar-refractivity contribution in [2.75, 3.05) is 25.4 Å². The average Bonchev–Trinajstić information content (AvgIpc) is 2.96. The summed E-state index contributed by atoms with van der Waals surface area (Å²) in [6.45, 7) is 4.35. The fraction of sp³-hybridized carbons (Fsp3) is 0.929. The van der Waals surface area contributed by atoms with Crippen LogP contribution in [-0.2, 0) is 14.8 Å². The fourth-order valence-electron chi connectivity index (χ4n) is 3.03. The quantitative estimate of drug-likeness (QED) is 0.745. The molecule has 2 atom stereocenters. The van der Waals surface area contributed by atoms with Crippen LogP contribution in [0.3, 0.4) is 0 Å². The van der Waals surface area contributed by atoms with Gasteiger partial charge < -0.3 is 10.6 Å². The van der Waals surface area contributed by atoms with E-state index in [9.17, 15) is 13.2 Å². The highest BCUT2D eigenvalue weighted by Gasteiger charge is 2.26. The van der Waals surface area contributed by atoms with E-state index in [-0.39, 0.29) is 30.2 Å². The lowest BCUT2D eigenvalue weighted by Gasteiger charge is -2.30. The van der Waals surface area contributed by atoms with Crippen molar-refractivity contribution in [2.24, 2.45) is 0 Å². The number of nitrogens with one attached hydrogen (secondary N) is 2. The summed E-state index contributed by atoms with van der Waals surface area (Å²) >= 11 is 0. The summed E-state index contributed by atoms with van der Waals surface area (Å²) in [7, 11) is -3.16. The lowest BCUT2D eigenvalue weighted by Crippen LogP contribution is -2.51. The van der Waals surface area contributed by atoms with E-state index in [4.69, 9.17) is 0 Å². The molecule has 2 aliphatic heterocycles. The van der Waals surface area contributed by atoms with Gasteiger partial charge in [0.2, 0.25) is 15.9 Å². The average molecular weight is 317 g/mol. The topological polar surface area (TPSA) is 78.5 Å². The minimum atomic E-state index is -3.16. The van der Waals surface area contributed by atoms with E-state index in [1.165, 1.54) is 0 Å². The number of hydrogen-bond donors (Lipinski definition) is 2. The molecule has 2 rings (SSSR count). The van der Waals surface area contributed by atoms with Crippen LogP contribution in [0.25, 0.3) is 0 Å². The highest BCUT2D eigenvalue weighted by Crippen LogP contribution is 2.14. The van der Waals surface area contributed by atoms with E-state index in [0.717, 1.165) is 32.2 Å². The summed E-state index contributed by atoms with van der Waals surface area (Å²) < 4.78 is 25.6. The summed E-state index contributed by atoms with van der Waals surface area (Å²) in [5.74, 6) is 0.0472. The van der Waals surface area contributed by atoms with E-state index in [1.54, 1.807) is 4.31 Å². The number of carbonyl (C=O) groups is 1. The van der Waals surface area contributed by atoms with Gasteiger partial charge in [0.15, 0.2) is 0 Å². The lowest BCUT2D eigenvalue weighted by molar-refractivity contribution is -0.122. The Hall–Kier alpha value is -0.660. The first-order chi connectivity index (χ1) is 9.99. The highest BCUT2D eigenvalue weighted by atomic mass is 32.2. The predicted molar refractivity (Wildman–Crippen MR) is 82.5 cm³/mol. The molecule has 21 heavy (non-hydrogen) atoms. The van der Waals surface area contributed by atoms with Crippen LogP contribution >= 0.6 is 0 Å². The third-order valence-corrected chi connectivity index (χ3v) is 6.33. The Morgan fingerprint density at radius 3 is 2.67 bits per heavy atom. The number of hydrogen-bond acceptors (Lipinski definition) is 4. The second kappa shape index (κ2) is 7.56. The maximum Gasteiger partial charge on any atom is 0.220 e. The van der Waals surface area contributed by atoms with Crippen LogP contribution in [0.2, 0.25) is 0 Å². The van der Waals surface area contributed by atoms with Crippen LogP contribution in [-0.4, -0.2) is 56.1 Å². The third-order valence-electron chi connectivity index (χ3n) is 4.37. The van der Waals surface area contributed by atoms with Gasteiger partial charge in [-0.3, -0.25) is 4.79 Å². The molecule has 0 aliphatic carbocycles. The molecule has 6 nitrogen and oxygen atoms in total. The summed E-state index contributed by atoms with van der Waals surface area (Å²) in [5.41, 5.74) is 0. The van der Waals surface area contributed by atoms with Crippen molar-refractivity contribution in [3.63, 3.8) is 0 Å². The molecule has 2 saturated heterocycles. The number of nitrogens with zero attached hydrogens (tertiary/aromatic N) is 1. The molecule has 1 amide bonds. The van der Waals surface area contributed by atoms with Crippen molar-refractivity contribution in [3.05, 3.63) is 0 Å². The van der Waals surface area contributed by atoms with Crippen molar-refractivity contribution in [1.29, 1.82) is 0 Å². The van der Waals surface area contributed by atoms with Gasteiger partial charge in [0.1, 0.15) is 0 Å². The molecular formula is C14H27N3O3S. The fourth-order valence-corrected chi connectivity index (χ4v) is 4.61. The molecule has 2 heterocycles. The smallest absolute Gasteiger partial charge is 0.220 e. The first-order valence-corrected chi connectivity index (χ1v) is 9.60. The van der Waals surface area contributed by atoms with Crippen LogP contribution in [0, 0.1) is 0 Å². The molecule has 2 N–H and O–H groups in total. The molecule has 7 heteroatoms. The van der Waals surface area contributed by atoms with Crippen LogP contribution < -0.4 is 10.6 Å². The SMILES string of the molecule is CC1NCCCC1NC(=O)CCCS(=O)(=O)N1CCCC1. The van der Waals surface area contributed by atoms with E-state index < -0.39 is 10.0 Å². The van der Waals surface area contributed by atoms with Crippen molar-refractivity contribution < 1.29 is 13.2 Å². The van der Waals surface area contributed by atoms with Gasteiger partial charge in [0.25, 0.3) is 0 Å². The van der Waals surface area contributed by atoms with Gasteiger partial charge in [-0.15, -0.1) is 0 Å². The zero-order valence-electron chi connectivity index (χ0n) is 12.8. The van der Waals surface area contributed by atoms with Crippen LogP contribution in [0.5, 0.6) is 0 Å². The molecule has 0 aromatic carbocycles. The Balaban J connectivity index is 1.69. The Bertz CT molecular complexity index is 446. The summed E-state index contributed by atoms with van der Waals surface area (Å²) in [6, 6.07) is 0.456. The highest BCUT2D eigenvalue weighted by molar-refractivity contribution is 7.89. The monoisotopic (exact) mass is 317 g/mol. The van der Waals surface area contributed by atoms with Gasteiger partial charge in [-0.05, 0) is 45.6 Å². The first-order valence-electron chi connectivity index (χ1n) is 7.99. The minimum absolute atomic E-state index is 0.0350. The second-order valence-electron chi connectivity index (χ2n) is 6.08. The van der Waals surface area contributed by atoms with Crippen LogP contribution in [0.15, 0.2) is 0 Å². The lowest BCUT2D eigenvalue weighted by atomic mass is 10.00. The van der Waals surface area contributed by atoms with Gasteiger partial charge in [0, 0.05) is 31.6 Å². The second-order valence-corrected chi connectivity index (χ2v) is 8.17. The molecule has 0 bridgehead atoms. The Labute approximate surface area is 127 Å². The minimum Gasteiger partial charge on any atom is -0.352 e. The van der Waals surface area contributed by atoms with Gasteiger partial charge in [-0.1, -0.05) is 0 Å². The summed E-state index contributed by atoms with van der Waals surface area (Å²) in [6.07, 6.45) is 4.65. The van der Waals surface area contributed by atoms with Gasteiger partial charge in [-0.2, -0.15) is 0 Å². The molecule has 0 aromatic heterocycles. The van der Waals surface area contributed by atoms with E-state index >= 15 is 0 Å². The number of piperidine rings is 1. The van der Waals surface area contributed by atoms with Crippen molar-refractivity contribution in [1.82, 2.24) is 14.9 Å². The van der Waals surface area contributed by atoms with Crippen molar-refractivity contribution in [3.8, 4) is 0 Å². The van der Waals surface area contributed by atoms with Crippen molar-refractivity contribution in [2.45, 2.75) is 57.5 Å². The van der Waals surface area contributed by atoms with Gasteiger partial charge in [0.05, 0.1) is 5.75 Å². The molecule has 2 fully saturated rings. The maximum atomic E-state index is 12.0. The van der Waals surface area contributed by atoms with E-state index in [1.807, 2.05) is 0 Å². The van der Waals surface area contributed by atoms with Gasteiger partial charge in [-0.25, -0.2) is 12.7 Å². The number of sulfonamides is 1. The maximum absolute atomic E-state index is 12.0. The molecule has 0 saturated carbocycles. The number of carbonyl (C=O) groups excluding carboxylic acids is 1. The molecule has 2 aliphatic rings. The van der Waals surface area contributed by atoms with Gasteiger partial charge >= 0.3 is 0 Å². The summed E-state index contributed by atoms with van der Waals surface area (Å²) in [5, 5.41) is 6.35. The normalized spacial score (nSPS) is 27.7. The van der Waals surface area contributed by atoms with E-state index in [0.29, 0.717) is 19.5 Å². The predicted octanol–water partition coefficient (Wildman–Crippen LogP) is 0.449. The molecule has 2 unspecified atom stereocenters. The first kappa shape index (κ1) is 16.7. The summed E-state index contributed by atoms with van der Waals surface area (Å²) in [4.78, 5) is 11.9.